The molecule has 6 nitrogen and oxygen atoms in total. The number of rotatable bonds is 3. The number of benzene rings is 1. The van der Waals surface area contributed by atoms with Crippen LogP contribution < -0.4 is 14.2 Å². The van der Waals surface area contributed by atoms with Crippen LogP contribution in [0, 0.1) is 0 Å². The molecule has 1 aromatic carbocycles. The molecule has 1 atom stereocenters. The highest BCUT2D eigenvalue weighted by Gasteiger charge is 2.25. The first-order chi connectivity index (χ1) is 10.8. The smallest absolute Gasteiger partial charge is 0.204 e. The summed E-state index contributed by atoms with van der Waals surface area (Å²) in [5.41, 5.74) is 0.673. The van der Waals surface area contributed by atoms with E-state index in [4.69, 9.17) is 30.5 Å². The van der Waals surface area contributed by atoms with Crippen molar-refractivity contribution < 1.29 is 18.9 Å². The Labute approximate surface area is 132 Å². The van der Waals surface area contributed by atoms with Crippen molar-refractivity contribution in [3.05, 3.63) is 17.5 Å². The van der Waals surface area contributed by atoms with E-state index in [2.05, 4.69) is 9.97 Å². The van der Waals surface area contributed by atoms with Crippen molar-refractivity contribution in [2.24, 2.45) is 0 Å². The predicted molar refractivity (Wildman–Crippen MR) is 80.0 cm³/mol. The monoisotopic (exact) mass is 322 g/mol. The number of hydrogen-bond acceptors (Lipinski definition) is 6. The van der Waals surface area contributed by atoms with Crippen LogP contribution in [0.2, 0.25) is 5.15 Å². The first kappa shape index (κ1) is 13.8. The van der Waals surface area contributed by atoms with Crippen LogP contribution >= 0.6 is 11.6 Å². The molecule has 0 saturated carbocycles. The molecule has 0 N–H and O–H groups in total. The topological polar surface area (TPSA) is 62.7 Å². The molecule has 1 unspecified atom stereocenters. The maximum atomic E-state index is 6.18. The van der Waals surface area contributed by atoms with Gasteiger partial charge in [0.2, 0.25) is 5.75 Å². The summed E-state index contributed by atoms with van der Waals surface area (Å²) in [6, 6.07) is 1.81. The number of fused-ring (bicyclic) bond motifs is 3. The van der Waals surface area contributed by atoms with Gasteiger partial charge < -0.3 is 18.9 Å². The van der Waals surface area contributed by atoms with Crippen molar-refractivity contribution in [2.45, 2.75) is 18.9 Å². The van der Waals surface area contributed by atoms with Crippen LogP contribution in [-0.4, -0.2) is 42.5 Å². The molecule has 0 amide bonds. The Kier molecular flexibility index (Phi) is 3.63. The molecule has 2 aromatic rings. The summed E-state index contributed by atoms with van der Waals surface area (Å²) in [4.78, 5) is 8.26. The van der Waals surface area contributed by atoms with E-state index in [1.807, 2.05) is 6.07 Å². The van der Waals surface area contributed by atoms with Crippen LogP contribution in [0.25, 0.3) is 10.9 Å². The highest BCUT2D eigenvalue weighted by atomic mass is 35.5. The lowest BCUT2D eigenvalue weighted by atomic mass is 10.2. The van der Waals surface area contributed by atoms with Crippen molar-refractivity contribution in [3.63, 3.8) is 0 Å². The molecule has 1 fully saturated rings. The summed E-state index contributed by atoms with van der Waals surface area (Å²) >= 11 is 6.18. The molecule has 1 aromatic heterocycles. The fraction of sp³-hybridized carbons (Fsp3) is 0.467. The lowest BCUT2D eigenvalue weighted by molar-refractivity contribution is 0.0653. The van der Waals surface area contributed by atoms with E-state index >= 15 is 0 Å². The Morgan fingerprint density at radius 1 is 1.18 bits per heavy atom. The Bertz CT molecular complexity index is 703. The minimum Gasteiger partial charge on any atom is -0.487 e. The predicted octanol–water partition coefficient (Wildman–Crippen LogP) is 2.61. The van der Waals surface area contributed by atoms with Crippen LogP contribution in [0.15, 0.2) is 12.4 Å². The van der Waals surface area contributed by atoms with E-state index < -0.39 is 0 Å². The average molecular weight is 323 g/mol. The molecule has 2 aliphatic rings. The van der Waals surface area contributed by atoms with Crippen LogP contribution in [0.4, 0.5) is 0 Å². The van der Waals surface area contributed by atoms with Crippen LogP contribution in [-0.2, 0) is 4.74 Å². The summed E-state index contributed by atoms with van der Waals surface area (Å²) < 4.78 is 22.9. The SMILES string of the molecule is Clc1ncnc2cc(OCC3CCCO3)c3c(c12)OCCO3. The summed E-state index contributed by atoms with van der Waals surface area (Å²) in [6.45, 7) is 2.22. The summed E-state index contributed by atoms with van der Waals surface area (Å²) in [5, 5.41) is 1.00. The highest BCUT2D eigenvalue weighted by molar-refractivity contribution is 6.34. The van der Waals surface area contributed by atoms with Gasteiger partial charge in [-0.05, 0) is 12.8 Å². The van der Waals surface area contributed by atoms with E-state index in [9.17, 15) is 0 Å². The van der Waals surface area contributed by atoms with E-state index in [-0.39, 0.29) is 6.10 Å². The summed E-state index contributed by atoms with van der Waals surface area (Å²) in [7, 11) is 0. The van der Waals surface area contributed by atoms with Gasteiger partial charge in [0.15, 0.2) is 11.5 Å². The lowest BCUT2D eigenvalue weighted by Crippen LogP contribution is -2.19. The number of hydrogen-bond donors (Lipinski definition) is 0. The van der Waals surface area contributed by atoms with Crippen LogP contribution in [0.5, 0.6) is 17.2 Å². The van der Waals surface area contributed by atoms with Gasteiger partial charge in [0.1, 0.15) is 31.3 Å². The van der Waals surface area contributed by atoms with Gasteiger partial charge in [0.05, 0.1) is 17.0 Å². The summed E-state index contributed by atoms with van der Waals surface area (Å²) in [5.74, 6) is 1.72. The van der Waals surface area contributed by atoms with Gasteiger partial charge in [-0.3, -0.25) is 0 Å². The normalized spacial score (nSPS) is 20.3. The number of halogens is 1. The second-order valence-corrected chi connectivity index (χ2v) is 5.59. The zero-order valence-electron chi connectivity index (χ0n) is 11.9. The number of ether oxygens (including phenoxy) is 4. The highest BCUT2D eigenvalue weighted by Crippen LogP contribution is 2.46. The van der Waals surface area contributed by atoms with Crippen molar-refractivity contribution in [3.8, 4) is 17.2 Å². The van der Waals surface area contributed by atoms with E-state index in [0.29, 0.717) is 53.1 Å². The van der Waals surface area contributed by atoms with Gasteiger partial charge in [-0.2, -0.15) is 0 Å². The van der Waals surface area contributed by atoms with Crippen molar-refractivity contribution in [2.75, 3.05) is 26.4 Å². The molecule has 116 valence electrons. The van der Waals surface area contributed by atoms with Crippen molar-refractivity contribution >= 4 is 22.5 Å². The Hall–Kier alpha value is -1.79. The number of nitrogens with zero attached hydrogens (tertiary/aromatic N) is 2. The third kappa shape index (κ3) is 2.42. The standard InChI is InChI=1S/C15H15ClN2O4/c16-15-12-10(17-8-18-15)6-11(13-14(12)21-5-4-20-13)22-7-9-2-1-3-19-9/h6,8-9H,1-5,7H2. The molecule has 2 aliphatic heterocycles. The maximum Gasteiger partial charge on any atom is 0.204 e. The van der Waals surface area contributed by atoms with Gasteiger partial charge >= 0.3 is 0 Å². The van der Waals surface area contributed by atoms with E-state index in [1.54, 1.807) is 0 Å². The molecule has 0 radical (unpaired) electrons. The molecule has 0 spiro atoms. The minimum absolute atomic E-state index is 0.129. The molecule has 3 heterocycles. The third-order valence-electron chi connectivity index (χ3n) is 3.78. The molecule has 4 rings (SSSR count). The maximum absolute atomic E-state index is 6.18. The molecule has 7 heteroatoms. The van der Waals surface area contributed by atoms with Gasteiger partial charge in [-0.25, -0.2) is 9.97 Å². The average Bonchev–Trinajstić information content (AvgIpc) is 3.06. The van der Waals surface area contributed by atoms with E-state index in [1.165, 1.54) is 6.33 Å². The molecular weight excluding hydrogens is 308 g/mol. The quantitative estimate of drug-likeness (QED) is 0.809. The largest absolute Gasteiger partial charge is 0.487 e. The zero-order chi connectivity index (χ0) is 14.9. The summed E-state index contributed by atoms with van der Waals surface area (Å²) in [6.07, 6.45) is 3.64. The molecule has 0 bridgehead atoms. The fourth-order valence-electron chi connectivity index (χ4n) is 2.74. The van der Waals surface area contributed by atoms with Crippen molar-refractivity contribution in [1.29, 1.82) is 0 Å². The second-order valence-electron chi connectivity index (χ2n) is 5.23. The molecule has 22 heavy (non-hydrogen) atoms. The number of aromatic nitrogens is 2. The third-order valence-corrected chi connectivity index (χ3v) is 4.07. The molecule has 1 saturated heterocycles. The zero-order valence-corrected chi connectivity index (χ0v) is 12.6. The first-order valence-corrected chi connectivity index (χ1v) is 7.68. The molecule has 0 aliphatic carbocycles. The van der Waals surface area contributed by atoms with Gasteiger partial charge in [0, 0.05) is 12.7 Å². The fourth-order valence-corrected chi connectivity index (χ4v) is 2.96. The Morgan fingerprint density at radius 2 is 2.05 bits per heavy atom. The Balaban J connectivity index is 1.74. The van der Waals surface area contributed by atoms with Crippen molar-refractivity contribution in [1.82, 2.24) is 9.97 Å². The first-order valence-electron chi connectivity index (χ1n) is 7.30. The van der Waals surface area contributed by atoms with Gasteiger partial charge in [0.25, 0.3) is 0 Å². The van der Waals surface area contributed by atoms with Gasteiger partial charge in [-0.1, -0.05) is 11.6 Å². The van der Waals surface area contributed by atoms with E-state index in [0.717, 1.165) is 19.4 Å². The van der Waals surface area contributed by atoms with Crippen LogP contribution in [0.1, 0.15) is 12.8 Å². The minimum atomic E-state index is 0.129. The Morgan fingerprint density at radius 3 is 2.86 bits per heavy atom. The van der Waals surface area contributed by atoms with Crippen LogP contribution in [0.3, 0.4) is 0 Å². The van der Waals surface area contributed by atoms with Gasteiger partial charge in [-0.15, -0.1) is 0 Å². The molecular formula is C15H15ClN2O4. The lowest BCUT2D eigenvalue weighted by Gasteiger charge is -2.23. The second kappa shape index (κ2) is 5.78.